The number of phenols is 1. The van der Waals surface area contributed by atoms with E-state index in [-0.39, 0.29) is 0 Å². The zero-order chi connectivity index (χ0) is 16.2. The Labute approximate surface area is 136 Å². The number of phenolic OH excluding ortho intramolecular Hbond substituents is 1. The zero-order valence-electron chi connectivity index (χ0n) is 14.6. The van der Waals surface area contributed by atoms with Gasteiger partial charge in [0, 0.05) is 17.8 Å². The molecule has 1 fully saturated rings. The summed E-state index contributed by atoms with van der Waals surface area (Å²) in [6, 6.07) is 10.6. The van der Waals surface area contributed by atoms with E-state index in [0.29, 0.717) is 11.8 Å². The van der Waals surface area contributed by atoms with Crippen LogP contribution in [0.25, 0.3) is 0 Å². The quantitative estimate of drug-likeness (QED) is 0.541. The Balaban J connectivity index is 2.05. The van der Waals surface area contributed by atoms with Gasteiger partial charge in [0.25, 0.3) is 0 Å². The molecule has 122 valence electrons. The third kappa shape index (κ3) is 3.45. The molecule has 2 nitrogen and oxygen atoms in total. The fourth-order valence-corrected chi connectivity index (χ4v) is 9.02. The first-order valence-corrected chi connectivity index (χ1v) is 11.6. The van der Waals surface area contributed by atoms with Crippen LogP contribution in [-0.4, -0.2) is 25.4 Å². The fourth-order valence-electron chi connectivity index (χ4n) is 4.24. The van der Waals surface area contributed by atoms with Gasteiger partial charge in [-0.3, -0.25) is 4.99 Å². The molecule has 3 heteroatoms. The molecule has 2 atom stereocenters. The predicted octanol–water partition coefficient (Wildman–Crippen LogP) is 5.55. The average molecular weight is 318 g/mol. The topological polar surface area (TPSA) is 32.6 Å². The van der Waals surface area contributed by atoms with Crippen molar-refractivity contribution in [2.75, 3.05) is 0 Å². The summed E-state index contributed by atoms with van der Waals surface area (Å²) in [6.07, 6.45) is 5.75. The van der Waals surface area contributed by atoms with Gasteiger partial charge in [-0.25, -0.2) is 0 Å². The number of benzene rings is 1. The lowest BCUT2D eigenvalue weighted by Gasteiger charge is -2.34. The van der Waals surface area contributed by atoms with Crippen LogP contribution in [0.1, 0.15) is 51.2 Å². The maximum absolute atomic E-state index is 10.1. The molecular weight excluding hydrogens is 286 g/mol. The van der Waals surface area contributed by atoms with Crippen molar-refractivity contribution in [3.8, 4) is 5.75 Å². The zero-order valence-corrected chi connectivity index (χ0v) is 15.6. The van der Waals surface area contributed by atoms with Crippen LogP contribution in [0.3, 0.4) is 0 Å². The van der Waals surface area contributed by atoms with Crippen molar-refractivity contribution in [2.45, 2.75) is 76.7 Å². The van der Waals surface area contributed by atoms with Crippen LogP contribution in [0, 0.1) is 6.92 Å². The Bertz CT molecular complexity index is 514. The van der Waals surface area contributed by atoms with Crippen molar-refractivity contribution in [3.05, 3.63) is 29.3 Å². The molecular formula is C19H31NOSi. The number of nitrogens with zero attached hydrogens (tertiary/aromatic N) is 1. The lowest BCUT2D eigenvalue weighted by Crippen LogP contribution is -2.36. The summed E-state index contributed by atoms with van der Waals surface area (Å²) in [5.41, 5.74) is 2.72. The predicted molar refractivity (Wildman–Crippen MR) is 99.0 cm³/mol. The van der Waals surface area contributed by atoms with Crippen molar-refractivity contribution < 1.29 is 5.11 Å². The maximum atomic E-state index is 10.1. The van der Waals surface area contributed by atoms with E-state index in [0.717, 1.165) is 16.7 Å². The van der Waals surface area contributed by atoms with Gasteiger partial charge in [-0.1, -0.05) is 57.5 Å². The number of rotatable bonds is 6. The van der Waals surface area contributed by atoms with E-state index < -0.39 is 8.07 Å². The Kier molecular flexibility index (Phi) is 5.85. The van der Waals surface area contributed by atoms with Crippen LogP contribution in [0.5, 0.6) is 5.75 Å². The highest BCUT2D eigenvalue weighted by atomic mass is 28.3. The minimum absolute atomic E-state index is 0.375. The first kappa shape index (κ1) is 17.3. The molecule has 2 rings (SSSR count). The number of hydrogen-bond acceptors (Lipinski definition) is 2. The highest BCUT2D eigenvalue weighted by Crippen LogP contribution is 2.45. The van der Waals surface area contributed by atoms with Crippen LogP contribution in [-0.2, 0) is 0 Å². The molecule has 0 heterocycles. The van der Waals surface area contributed by atoms with Crippen LogP contribution < -0.4 is 0 Å². The summed E-state index contributed by atoms with van der Waals surface area (Å²) in [4.78, 5) is 4.80. The maximum Gasteiger partial charge on any atom is 0.127 e. The second-order valence-electron chi connectivity index (χ2n) is 6.88. The van der Waals surface area contributed by atoms with Crippen LogP contribution >= 0.6 is 0 Å². The molecule has 0 aromatic heterocycles. The first-order valence-electron chi connectivity index (χ1n) is 8.88. The molecule has 0 saturated heterocycles. The Morgan fingerprint density at radius 3 is 2.50 bits per heavy atom. The highest BCUT2D eigenvalue weighted by Gasteiger charge is 2.40. The molecule has 22 heavy (non-hydrogen) atoms. The largest absolute Gasteiger partial charge is 0.507 e. The second kappa shape index (κ2) is 7.45. The third-order valence-electron chi connectivity index (χ3n) is 6.08. The van der Waals surface area contributed by atoms with Gasteiger partial charge in [0.2, 0.25) is 0 Å². The number of aryl methyl sites for hydroxylation is 1. The fraction of sp³-hybridized carbons (Fsp3) is 0.632. The van der Waals surface area contributed by atoms with E-state index in [4.69, 9.17) is 4.99 Å². The summed E-state index contributed by atoms with van der Waals surface area (Å²) in [5.74, 6) is 0.375. The van der Waals surface area contributed by atoms with Gasteiger partial charge in [0.05, 0.1) is 8.07 Å². The van der Waals surface area contributed by atoms with E-state index in [1.54, 1.807) is 0 Å². The van der Waals surface area contributed by atoms with Gasteiger partial charge < -0.3 is 5.11 Å². The van der Waals surface area contributed by atoms with Crippen molar-refractivity contribution in [3.63, 3.8) is 0 Å². The van der Waals surface area contributed by atoms with Crippen molar-refractivity contribution in [2.24, 2.45) is 4.99 Å². The average Bonchev–Trinajstić information content (AvgIpc) is 3.01. The number of hydrogen-bond donors (Lipinski definition) is 1. The molecule has 0 bridgehead atoms. The lowest BCUT2D eigenvalue weighted by atomic mass is 10.1. The van der Waals surface area contributed by atoms with Crippen molar-refractivity contribution in [1.82, 2.24) is 0 Å². The van der Waals surface area contributed by atoms with Gasteiger partial charge in [-0.15, -0.1) is 0 Å². The molecule has 1 aromatic rings. The summed E-state index contributed by atoms with van der Waals surface area (Å²) in [6.45, 7) is 9.14. The molecule has 1 aromatic carbocycles. The van der Waals surface area contributed by atoms with E-state index in [2.05, 4.69) is 20.8 Å². The summed E-state index contributed by atoms with van der Waals surface area (Å²) < 4.78 is 0. The smallest absolute Gasteiger partial charge is 0.127 e. The lowest BCUT2D eigenvalue weighted by molar-refractivity contribution is 0.470. The van der Waals surface area contributed by atoms with Gasteiger partial charge in [-0.2, -0.15) is 0 Å². The van der Waals surface area contributed by atoms with Crippen molar-refractivity contribution in [1.29, 1.82) is 0 Å². The monoisotopic (exact) mass is 317 g/mol. The van der Waals surface area contributed by atoms with Crippen LogP contribution in [0.2, 0.25) is 23.7 Å². The van der Waals surface area contributed by atoms with Crippen molar-refractivity contribution >= 4 is 14.3 Å². The van der Waals surface area contributed by atoms with Gasteiger partial charge in [-0.05, 0) is 36.9 Å². The van der Waals surface area contributed by atoms with Gasteiger partial charge in [0.1, 0.15) is 5.75 Å². The van der Waals surface area contributed by atoms with Gasteiger partial charge in [0.15, 0.2) is 0 Å². The third-order valence-corrected chi connectivity index (χ3v) is 12.6. The first-order chi connectivity index (χ1) is 10.6. The molecule has 0 radical (unpaired) electrons. The highest BCUT2D eigenvalue weighted by molar-refractivity contribution is 6.81. The van der Waals surface area contributed by atoms with Crippen LogP contribution in [0.15, 0.2) is 23.2 Å². The molecule has 1 aliphatic rings. The molecule has 0 amide bonds. The number of aliphatic imine (C=N–C) groups is 1. The van der Waals surface area contributed by atoms with E-state index in [1.807, 2.05) is 31.3 Å². The SMILES string of the molecule is CC[Si](CC)(CC)C1CCC(N=Cc2cccc(C)c2O)C1. The van der Waals surface area contributed by atoms with E-state index >= 15 is 0 Å². The number of aromatic hydroxyl groups is 1. The Morgan fingerprint density at radius 2 is 1.86 bits per heavy atom. The molecule has 1 N–H and O–H groups in total. The standard InChI is InChI=1S/C19H31NOSi/c1-5-22(6-2,7-3)18-12-11-17(13-18)20-14-16-10-8-9-15(4)19(16)21/h8-10,14,17-18,21H,5-7,11-13H2,1-4H3. The molecule has 0 aliphatic heterocycles. The molecule has 1 saturated carbocycles. The number of para-hydroxylation sites is 1. The molecule has 1 aliphatic carbocycles. The normalized spacial score (nSPS) is 22.5. The molecule has 0 spiro atoms. The minimum atomic E-state index is -1.08. The van der Waals surface area contributed by atoms with Crippen LogP contribution in [0.4, 0.5) is 0 Å². The van der Waals surface area contributed by atoms with Gasteiger partial charge >= 0.3 is 0 Å². The van der Waals surface area contributed by atoms with E-state index in [9.17, 15) is 5.11 Å². The summed E-state index contributed by atoms with van der Waals surface area (Å²) in [7, 11) is -1.08. The Hall–Kier alpha value is -1.09. The molecule has 2 unspecified atom stereocenters. The summed E-state index contributed by atoms with van der Waals surface area (Å²) in [5, 5.41) is 10.1. The summed E-state index contributed by atoms with van der Waals surface area (Å²) >= 11 is 0. The second-order valence-corrected chi connectivity index (χ2v) is 12.5. The Morgan fingerprint density at radius 1 is 1.18 bits per heavy atom. The minimum Gasteiger partial charge on any atom is -0.507 e. The van der Waals surface area contributed by atoms with E-state index in [1.165, 1.54) is 37.4 Å².